The Hall–Kier alpha value is -1.56. The van der Waals surface area contributed by atoms with Crippen LogP contribution < -0.4 is 10.5 Å². The lowest BCUT2D eigenvalue weighted by Gasteiger charge is -2.14. The van der Waals surface area contributed by atoms with E-state index in [4.69, 9.17) is 5.73 Å². The fraction of sp³-hybridized carbons (Fsp3) is 0.300. The summed E-state index contributed by atoms with van der Waals surface area (Å²) in [6.07, 6.45) is -5.48. The van der Waals surface area contributed by atoms with Crippen molar-refractivity contribution in [3.05, 3.63) is 30.3 Å². The van der Waals surface area contributed by atoms with Crippen LogP contribution in [0.3, 0.4) is 0 Å². The largest absolute Gasteiger partial charge is 0.426 e. The van der Waals surface area contributed by atoms with Crippen molar-refractivity contribution in [3.8, 4) is 5.75 Å². The van der Waals surface area contributed by atoms with Crippen molar-refractivity contribution in [1.29, 1.82) is 0 Å². The summed E-state index contributed by atoms with van der Waals surface area (Å²) in [6.45, 7) is 0. The van der Waals surface area contributed by atoms with Gasteiger partial charge in [0.15, 0.2) is 0 Å². The van der Waals surface area contributed by atoms with Gasteiger partial charge in [-0.15, -0.1) is 0 Å². The van der Waals surface area contributed by atoms with Gasteiger partial charge >= 0.3 is 12.1 Å². The van der Waals surface area contributed by atoms with Gasteiger partial charge in [-0.25, -0.2) is 0 Å². The molecular weight excluding hydrogens is 223 g/mol. The second-order valence-electron chi connectivity index (χ2n) is 3.14. The van der Waals surface area contributed by atoms with Crippen LogP contribution in [-0.4, -0.2) is 18.2 Å². The molecule has 0 aliphatic rings. The fourth-order valence-electron chi connectivity index (χ4n) is 0.957. The summed E-state index contributed by atoms with van der Waals surface area (Å²) in [6, 6.07) is 5.65. The topological polar surface area (TPSA) is 52.3 Å². The van der Waals surface area contributed by atoms with Gasteiger partial charge < -0.3 is 10.5 Å². The summed E-state index contributed by atoms with van der Waals surface area (Å²) in [4.78, 5) is 11.1. The smallest absolute Gasteiger partial charge is 0.404 e. The monoisotopic (exact) mass is 233 g/mol. The molecule has 1 rings (SSSR count). The van der Waals surface area contributed by atoms with E-state index in [1.807, 2.05) is 0 Å². The molecule has 2 N–H and O–H groups in total. The molecule has 0 aromatic heterocycles. The molecule has 1 aromatic carbocycles. The van der Waals surface area contributed by atoms with Crippen molar-refractivity contribution in [3.63, 3.8) is 0 Å². The van der Waals surface area contributed by atoms with E-state index in [-0.39, 0.29) is 5.75 Å². The van der Waals surface area contributed by atoms with E-state index in [9.17, 15) is 18.0 Å². The van der Waals surface area contributed by atoms with Gasteiger partial charge in [-0.05, 0) is 12.1 Å². The predicted octanol–water partition coefficient (Wildman–Crippen LogP) is 1.87. The maximum Gasteiger partial charge on any atom is 0.404 e. The van der Waals surface area contributed by atoms with Gasteiger partial charge in [0.05, 0.1) is 6.42 Å². The summed E-state index contributed by atoms with van der Waals surface area (Å²) in [5, 5.41) is 0. The second-order valence-corrected chi connectivity index (χ2v) is 3.14. The number of carbonyl (C=O) groups excluding carboxylic acids is 1. The lowest BCUT2D eigenvalue weighted by Crippen LogP contribution is -2.39. The third-order valence-electron chi connectivity index (χ3n) is 1.78. The number of esters is 1. The van der Waals surface area contributed by atoms with E-state index >= 15 is 0 Å². The molecule has 0 amide bonds. The first-order chi connectivity index (χ1) is 7.39. The zero-order valence-corrected chi connectivity index (χ0v) is 8.20. The molecule has 16 heavy (non-hydrogen) atoms. The number of para-hydroxylation sites is 1. The Morgan fingerprint density at radius 1 is 1.31 bits per heavy atom. The maximum atomic E-state index is 12.0. The van der Waals surface area contributed by atoms with Crippen LogP contribution in [0.5, 0.6) is 5.75 Å². The van der Waals surface area contributed by atoms with Gasteiger partial charge in [0.2, 0.25) is 0 Å². The molecule has 0 heterocycles. The van der Waals surface area contributed by atoms with Crippen molar-refractivity contribution >= 4 is 5.97 Å². The van der Waals surface area contributed by atoms with E-state index in [2.05, 4.69) is 4.74 Å². The average Bonchev–Trinajstić information content (AvgIpc) is 2.17. The van der Waals surface area contributed by atoms with E-state index < -0.39 is 24.6 Å². The SMILES string of the molecule is N[C@H](CC(=O)Oc1ccccc1)C(F)(F)F. The summed E-state index contributed by atoms with van der Waals surface area (Å²) in [7, 11) is 0. The lowest BCUT2D eigenvalue weighted by atomic mass is 10.2. The van der Waals surface area contributed by atoms with Gasteiger partial charge in [0.25, 0.3) is 0 Å². The highest BCUT2D eigenvalue weighted by Gasteiger charge is 2.38. The van der Waals surface area contributed by atoms with Gasteiger partial charge in [0, 0.05) is 0 Å². The van der Waals surface area contributed by atoms with E-state index in [1.54, 1.807) is 18.2 Å². The first-order valence-corrected chi connectivity index (χ1v) is 4.47. The number of carbonyl (C=O) groups is 1. The number of halogens is 3. The molecule has 0 saturated heterocycles. The third kappa shape index (κ3) is 3.90. The molecule has 0 saturated carbocycles. The number of ether oxygens (including phenoxy) is 1. The van der Waals surface area contributed by atoms with Crippen LogP contribution in [0.4, 0.5) is 13.2 Å². The number of hydrogen-bond acceptors (Lipinski definition) is 3. The molecule has 0 unspecified atom stereocenters. The van der Waals surface area contributed by atoms with E-state index in [0.717, 1.165) is 0 Å². The Labute approximate surface area is 90.0 Å². The van der Waals surface area contributed by atoms with Crippen molar-refractivity contribution in [2.24, 2.45) is 5.73 Å². The molecule has 0 fully saturated rings. The first kappa shape index (κ1) is 12.5. The number of alkyl halides is 3. The number of hydrogen-bond donors (Lipinski definition) is 1. The van der Waals surface area contributed by atoms with Crippen LogP contribution in [0.15, 0.2) is 30.3 Å². The molecular formula is C10H10F3NO2. The lowest BCUT2D eigenvalue weighted by molar-refractivity contribution is -0.159. The van der Waals surface area contributed by atoms with Gasteiger partial charge in [-0.3, -0.25) is 4.79 Å². The zero-order chi connectivity index (χ0) is 12.2. The van der Waals surface area contributed by atoms with Crippen LogP contribution in [0.2, 0.25) is 0 Å². The Bertz CT molecular complexity index is 351. The van der Waals surface area contributed by atoms with Crippen molar-refractivity contribution in [2.45, 2.75) is 18.6 Å². The summed E-state index contributed by atoms with van der Waals surface area (Å²) in [5.74, 6) is -0.808. The number of benzene rings is 1. The maximum absolute atomic E-state index is 12.0. The molecule has 6 heteroatoms. The quantitative estimate of drug-likeness (QED) is 0.640. The number of nitrogens with two attached hydrogens (primary N) is 1. The van der Waals surface area contributed by atoms with Crippen LogP contribution in [-0.2, 0) is 4.79 Å². The standard InChI is InChI=1S/C10H10F3NO2/c11-10(12,13)8(14)6-9(15)16-7-4-2-1-3-5-7/h1-5,8H,6,14H2/t8-/m1/s1. The predicted molar refractivity (Wildman–Crippen MR) is 50.7 cm³/mol. The summed E-state index contributed by atoms with van der Waals surface area (Å²) < 4.78 is 40.7. The van der Waals surface area contributed by atoms with Gasteiger partial charge in [-0.1, -0.05) is 18.2 Å². The Balaban J connectivity index is 2.49. The van der Waals surface area contributed by atoms with Crippen molar-refractivity contribution in [2.75, 3.05) is 0 Å². The van der Waals surface area contributed by atoms with Crippen LogP contribution >= 0.6 is 0 Å². The van der Waals surface area contributed by atoms with Crippen LogP contribution in [0.1, 0.15) is 6.42 Å². The minimum absolute atomic E-state index is 0.196. The molecule has 3 nitrogen and oxygen atoms in total. The molecule has 0 radical (unpaired) electrons. The molecule has 1 aromatic rings. The molecule has 0 spiro atoms. The van der Waals surface area contributed by atoms with Crippen molar-refractivity contribution < 1.29 is 22.7 Å². The van der Waals surface area contributed by atoms with Gasteiger partial charge in [0.1, 0.15) is 11.8 Å². The molecule has 0 bridgehead atoms. The molecule has 0 aliphatic carbocycles. The highest BCUT2D eigenvalue weighted by molar-refractivity contribution is 5.73. The first-order valence-electron chi connectivity index (χ1n) is 4.47. The minimum atomic E-state index is -4.59. The normalized spacial score (nSPS) is 13.2. The molecule has 1 atom stereocenters. The summed E-state index contributed by atoms with van der Waals surface area (Å²) >= 11 is 0. The Morgan fingerprint density at radius 3 is 2.38 bits per heavy atom. The second kappa shape index (κ2) is 4.98. The Kier molecular flexibility index (Phi) is 3.89. The fourth-order valence-corrected chi connectivity index (χ4v) is 0.957. The van der Waals surface area contributed by atoms with Crippen molar-refractivity contribution in [1.82, 2.24) is 0 Å². The molecule has 88 valence electrons. The third-order valence-corrected chi connectivity index (χ3v) is 1.78. The molecule has 0 aliphatic heterocycles. The number of rotatable bonds is 3. The highest BCUT2D eigenvalue weighted by Crippen LogP contribution is 2.21. The zero-order valence-electron chi connectivity index (χ0n) is 8.20. The van der Waals surface area contributed by atoms with Gasteiger partial charge in [-0.2, -0.15) is 13.2 Å². The van der Waals surface area contributed by atoms with E-state index in [1.165, 1.54) is 12.1 Å². The van der Waals surface area contributed by atoms with Crippen LogP contribution in [0.25, 0.3) is 0 Å². The minimum Gasteiger partial charge on any atom is -0.426 e. The Morgan fingerprint density at radius 2 is 1.88 bits per heavy atom. The van der Waals surface area contributed by atoms with E-state index in [0.29, 0.717) is 0 Å². The average molecular weight is 233 g/mol. The van der Waals surface area contributed by atoms with Crippen LogP contribution in [0, 0.1) is 0 Å². The highest BCUT2D eigenvalue weighted by atomic mass is 19.4. The summed E-state index contributed by atoms with van der Waals surface area (Å²) in [5.41, 5.74) is 4.78.